The van der Waals surface area contributed by atoms with Gasteiger partial charge in [-0.2, -0.15) is 5.26 Å². The van der Waals surface area contributed by atoms with E-state index in [1.54, 1.807) is 11.3 Å². The first-order valence-electron chi connectivity index (χ1n) is 5.96. The van der Waals surface area contributed by atoms with Crippen LogP contribution < -0.4 is 5.32 Å². The molecule has 1 atom stereocenters. The predicted octanol–water partition coefficient (Wildman–Crippen LogP) is 3.78. The van der Waals surface area contributed by atoms with Crippen molar-refractivity contribution in [3.63, 3.8) is 0 Å². The molecule has 18 heavy (non-hydrogen) atoms. The molecule has 1 aromatic carbocycles. The molecule has 3 heteroatoms. The van der Waals surface area contributed by atoms with E-state index in [1.807, 2.05) is 11.4 Å². The molecule has 0 aliphatic heterocycles. The highest BCUT2D eigenvalue weighted by Crippen LogP contribution is 2.17. The predicted molar refractivity (Wildman–Crippen MR) is 75.5 cm³/mol. The van der Waals surface area contributed by atoms with E-state index in [4.69, 9.17) is 5.26 Å². The molecule has 1 aromatic heterocycles. The maximum atomic E-state index is 8.77. The lowest BCUT2D eigenvalue weighted by atomic mass is 10.1. The minimum Gasteiger partial charge on any atom is -0.305 e. The summed E-state index contributed by atoms with van der Waals surface area (Å²) in [5.74, 6) is 0. The standard InChI is InChI=1S/C15H16N2S/c1-11-4-3-5-14(6-11)12(2)17-9-15-7-13(8-16)10-18-15/h3-7,10,12,17H,9H2,1-2H3/t12-/m1/s1. The summed E-state index contributed by atoms with van der Waals surface area (Å²) < 4.78 is 0. The van der Waals surface area contributed by atoms with Crippen molar-refractivity contribution >= 4 is 11.3 Å². The molecule has 0 saturated carbocycles. The first-order chi connectivity index (χ1) is 8.69. The van der Waals surface area contributed by atoms with Crippen molar-refractivity contribution in [2.75, 3.05) is 0 Å². The van der Waals surface area contributed by atoms with Gasteiger partial charge in [0.25, 0.3) is 0 Å². The highest BCUT2D eigenvalue weighted by atomic mass is 32.1. The number of hydrogen-bond donors (Lipinski definition) is 1. The van der Waals surface area contributed by atoms with Gasteiger partial charge in [0, 0.05) is 22.8 Å². The van der Waals surface area contributed by atoms with Crippen LogP contribution in [-0.4, -0.2) is 0 Å². The third kappa shape index (κ3) is 3.19. The molecule has 0 aliphatic carbocycles. The van der Waals surface area contributed by atoms with Crippen molar-refractivity contribution in [1.29, 1.82) is 5.26 Å². The van der Waals surface area contributed by atoms with Gasteiger partial charge in [-0.1, -0.05) is 29.8 Å². The molecule has 2 aromatic rings. The molecule has 1 N–H and O–H groups in total. The van der Waals surface area contributed by atoms with Gasteiger partial charge in [-0.15, -0.1) is 11.3 Å². The van der Waals surface area contributed by atoms with E-state index < -0.39 is 0 Å². The van der Waals surface area contributed by atoms with E-state index in [1.165, 1.54) is 16.0 Å². The van der Waals surface area contributed by atoms with E-state index >= 15 is 0 Å². The average molecular weight is 256 g/mol. The van der Waals surface area contributed by atoms with Gasteiger partial charge in [0.1, 0.15) is 6.07 Å². The van der Waals surface area contributed by atoms with Crippen molar-refractivity contribution in [1.82, 2.24) is 5.32 Å². The zero-order chi connectivity index (χ0) is 13.0. The normalized spacial score (nSPS) is 12.1. The molecule has 0 saturated heterocycles. The van der Waals surface area contributed by atoms with Gasteiger partial charge in [-0.3, -0.25) is 0 Å². The average Bonchev–Trinajstić information content (AvgIpc) is 2.84. The summed E-state index contributed by atoms with van der Waals surface area (Å²) in [6.07, 6.45) is 0. The Morgan fingerprint density at radius 2 is 2.22 bits per heavy atom. The molecule has 92 valence electrons. The van der Waals surface area contributed by atoms with Crippen LogP contribution in [0.25, 0.3) is 0 Å². The molecule has 0 bridgehead atoms. The molecule has 0 spiro atoms. The maximum Gasteiger partial charge on any atom is 0.100 e. The fourth-order valence-corrected chi connectivity index (χ4v) is 2.60. The van der Waals surface area contributed by atoms with Crippen LogP contribution in [0.1, 0.15) is 34.5 Å². The molecule has 2 nitrogen and oxygen atoms in total. The number of hydrogen-bond acceptors (Lipinski definition) is 3. The number of rotatable bonds is 4. The van der Waals surface area contributed by atoms with Crippen LogP contribution in [0.4, 0.5) is 0 Å². The number of thiophene rings is 1. The lowest BCUT2D eigenvalue weighted by molar-refractivity contribution is 0.578. The van der Waals surface area contributed by atoms with E-state index in [0.29, 0.717) is 6.04 Å². The van der Waals surface area contributed by atoms with Gasteiger partial charge in [-0.25, -0.2) is 0 Å². The Morgan fingerprint density at radius 3 is 2.89 bits per heavy atom. The van der Waals surface area contributed by atoms with Gasteiger partial charge in [0.15, 0.2) is 0 Å². The van der Waals surface area contributed by atoms with Gasteiger partial charge in [0.2, 0.25) is 0 Å². The summed E-state index contributed by atoms with van der Waals surface area (Å²) in [4.78, 5) is 1.20. The lowest BCUT2D eigenvalue weighted by Crippen LogP contribution is -2.17. The van der Waals surface area contributed by atoms with Crippen molar-refractivity contribution < 1.29 is 0 Å². The Labute approximate surface area is 112 Å². The zero-order valence-electron chi connectivity index (χ0n) is 10.6. The number of aryl methyl sites for hydroxylation is 1. The van der Waals surface area contributed by atoms with Crippen LogP contribution in [0.5, 0.6) is 0 Å². The number of nitriles is 1. The molecule has 2 rings (SSSR count). The number of nitrogens with zero attached hydrogens (tertiary/aromatic N) is 1. The number of nitrogens with one attached hydrogen (secondary N) is 1. The highest BCUT2D eigenvalue weighted by molar-refractivity contribution is 7.10. The zero-order valence-corrected chi connectivity index (χ0v) is 11.4. The Bertz CT molecular complexity index is 566. The molecule has 1 heterocycles. The first-order valence-corrected chi connectivity index (χ1v) is 6.84. The Kier molecular flexibility index (Phi) is 4.14. The second-order valence-corrected chi connectivity index (χ2v) is 5.43. The summed E-state index contributed by atoms with van der Waals surface area (Å²) in [7, 11) is 0. The van der Waals surface area contributed by atoms with E-state index in [0.717, 1.165) is 12.1 Å². The Morgan fingerprint density at radius 1 is 1.39 bits per heavy atom. The Balaban J connectivity index is 1.96. The fraction of sp³-hybridized carbons (Fsp3) is 0.267. The van der Waals surface area contributed by atoms with E-state index in [2.05, 4.69) is 49.5 Å². The minimum atomic E-state index is 0.317. The molecule has 0 unspecified atom stereocenters. The van der Waals surface area contributed by atoms with Gasteiger partial charge < -0.3 is 5.32 Å². The topological polar surface area (TPSA) is 35.8 Å². The monoisotopic (exact) mass is 256 g/mol. The van der Waals surface area contributed by atoms with Crippen LogP contribution in [-0.2, 0) is 6.54 Å². The Hall–Kier alpha value is -1.63. The van der Waals surface area contributed by atoms with Crippen LogP contribution >= 0.6 is 11.3 Å². The van der Waals surface area contributed by atoms with Gasteiger partial charge >= 0.3 is 0 Å². The van der Waals surface area contributed by atoms with Crippen molar-refractivity contribution in [3.8, 4) is 6.07 Å². The maximum absolute atomic E-state index is 8.77. The van der Waals surface area contributed by atoms with E-state index in [9.17, 15) is 0 Å². The highest BCUT2D eigenvalue weighted by Gasteiger charge is 2.06. The summed E-state index contributed by atoms with van der Waals surface area (Å²) in [5, 5.41) is 14.2. The fourth-order valence-electron chi connectivity index (χ4n) is 1.84. The van der Waals surface area contributed by atoms with Crippen LogP contribution in [0, 0.1) is 18.3 Å². The third-order valence-electron chi connectivity index (χ3n) is 2.91. The molecule has 0 amide bonds. The molecule has 0 fully saturated rings. The summed E-state index contributed by atoms with van der Waals surface area (Å²) in [5.41, 5.74) is 3.33. The van der Waals surface area contributed by atoms with Gasteiger partial charge in [-0.05, 0) is 25.5 Å². The molecule has 0 radical (unpaired) electrons. The van der Waals surface area contributed by atoms with Crippen molar-refractivity contribution in [2.45, 2.75) is 26.4 Å². The second kappa shape index (κ2) is 5.81. The SMILES string of the molecule is Cc1cccc([C@@H](C)NCc2cc(C#N)cs2)c1. The first kappa shape index (κ1) is 12.8. The third-order valence-corrected chi connectivity index (χ3v) is 3.84. The van der Waals surface area contributed by atoms with Crippen LogP contribution in [0.2, 0.25) is 0 Å². The van der Waals surface area contributed by atoms with Crippen molar-refractivity contribution in [2.24, 2.45) is 0 Å². The minimum absolute atomic E-state index is 0.317. The molecular weight excluding hydrogens is 240 g/mol. The summed E-state index contributed by atoms with van der Waals surface area (Å²) >= 11 is 1.63. The number of benzene rings is 1. The smallest absolute Gasteiger partial charge is 0.100 e. The largest absolute Gasteiger partial charge is 0.305 e. The van der Waals surface area contributed by atoms with Crippen LogP contribution in [0.3, 0.4) is 0 Å². The summed E-state index contributed by atoms with van der Waals surface area (Å²) in [6, 6.07) is 12.9. The molecular formula is C15H16N2S. The second-order valence-electron chi connectivity index (χ2n) is 4.43. The summed E-state index contributed by atoms with van der Waals surface area (Å²) in [6.45, 7) is 5.07. The van der Waals surface area contributed by atoms with Gasteiger partial charge in [0.05, 0.1) is 5.56 Å². The van der Waals surface area contributed by atoms with Crippen LogP contribution in [0.15, 0.2) is 35.7 Å². The lowest BCUT2D eigenvalue weighted by Gasteiger charge is -2.14. The quantitative estimate of drug-likeness (QED) is 0.903. The van der Waals surface area contributed by atoms with Crippen molar-refractivity contribution in [3.05, 3.63) is 57.3 Å². The van der Waals surface area contributed by atoms with E-state index in [-0.39, 0.29) is 0 Å². The molecule has 0 aliphatic rings.